The van der Waals surface area contributed by atoms with E-state index in [1.807, 2.05) is 0 Å². The fourth-order valence-electron chi connectivity index (χ4n) is 3.03. The highest BCUT2D eigenvalue weighted by Crippen LogP contribution is 2.30. The molecule has 0 bridgehead atoms. The van der Waals surface area contributed by atoms with Crippen LogP contribution in [0.5, 0.6) is 11.5 Å². The second-order valence-electron chi connectivity index (χ2n) is 6.69. The number of aromatic nitrogens is 2. The summed E-state index contributed by atoms with van der Waals surface area (Å²) >= 11 is 0. The average Bonchev–Trinajstić information content (AvgIpc) is 2.76. The third kappa shape index (κ3) is 3.82. The Morgan fingerprint density at radius 3 is 2.23 bits per heavy atom. The van der Waals surface area contributed by atoms with Gasteiger partial charge in [0.1, 0.15) is 0 Å². The van der Waals surface area contributed by atoms with Gasteiger partial charge in [-0.05, 0) is 32.0 Å². The smallest absolute Gasteiger partial charge is 0.290 e. The Hall–Kier alpha value is -3.88. The maximum Gasteiger partial charge on any atom is 0.290 e. The Morgan fingerprint density at radius 1 is 0.933 bits per heavy atom. The third-order valence-corrected chi connectivity index (χ3v) is 4.47. The van der Waals surface area contributed by atoms with Crippen LogP contribution in [0.2, 0.25) is 0 Å². The monoisotopic (exact) mass is 410 g/mol. The molecule has 3 rings (SSSR count). The summed E-state index contributed by atoms with van der Waals surface area (Å²) in [5, 5.41) is 4.97. The molecule has 2 amide bonds. The molecule has 0 aliphatic heterocycles. The number of ether oxygens (including phenoxy) is 2. The van der Waals surface area contributed by atoms with Crippen molar-refractivity contribution in [2.45, 2.75) is 19.9 Å². The van der Waals surface area contributed by atoms with Gasteiger partial charge in [-0.25, -0.2) is 4.68 Å². The molecule has 0 aliphatic rings. The number of para-hydroxylation sites is 1. The largest absolute Gasteiger partial charge is 0.493 e. The van der Waals surface area contributed by atoms with Crippen LogP contribution in [0, 0.1) is 0 Å². The van der Waals surface area contributed by atoms with Crippen LogP contribution in [0.4, 0.5) is 0 Å². The maximum absolute atomic E-state index is 12.8. The average molecular weight is 410 g/mol. The molecule has 0 saturated heterocycles. The Balaban J connectivity index is 1.91. The molecule has 0 unspecified atom stereocenters. The molecular weight excluding hydrogens is 388 g/mol. The van der Waals surface area contributed by atoms with Crippen molar-refractivity contribution in [3.05, 3.63) is 64.1 Å². The van der Waals surface area contributed by atoms with E-state index >= 15 is 0 Å². The molecule has 3 aromatic rings. The minimum absolute atomic E-state index is 0.0248. The summed E-state index contributed by atoms with van der Waals surface area (Å²) in [6, 6.07) is 11.3. The van der Waals surface area contributed by atoms with Gasteiger partial charge in [0, 0.05) is 5.39 Å². The van der Waals surface area contributed by atoms with Crippen molar-refractivity contribution >= 4 is 22.6 Å². The number of methoxy groups -OCH3 is 2. The van der Waals surface area contributed by atoms with Crippen molar-refractivity contribution in [2.24, 2.45) is 0 Å². The first-order valence-corrected chi connectivity index (χ1v) is 9.22. The predicted molar refractivity (Wildman–Crippen MR) is 111 cm³/mol. The molecule has 1 heterocycles. The van der Waals surface area contributed by atoms with Gasteiger partial charge in [0.2, 0.25) is 0 Å². The molecule has 1 aromatic heterocycles. The molecule has 0 fully saturated rings. The lowest BCUT2D eigenvalue weighted by atomic mass is 10.1. The van der Waals surface area contributed by atoms with Gasteiger partial charge in [0.15, 0.2) is 17.2 Å². The Kier molecular flexibility index (Phi) is 6.01. The van der Waals surface area contributed by atoms with E-state index in [9.17, 15) is 14.4 Å². The zero-order valence-electron chi connectivity index (χ0n) is 17.1. The molecule has 0 atom stereocenters. The molecule has 0 aliphatic carbocycles. The van der Waals surface area contributed by atoms with Crippen LogP contribution in [-0.2, 0) is 0 Å². The third-order valence-electron chi connectivity index (χ3n) is 4.47. The summed E-state index contributed by atoms with van der Waals surface area (Å²) in [5.41, 5.74) is 4.62. The molecule has 0 spiro atoms. The summed E-state index contributed by atoms with van der Waals surface area (Å²) in [5.74, 6) is -0.631. The minimum Gasteiger partial charge on any atom is -0.493 e. The minimum atomic E-state index is -0.657. The lowest BCUT2D eigenvalue weighted by Crippen LogP contribution is -2.43. The topological polar surface area (TPSA) is 112 Å². The highest BCUT2D eigenvalue weighted by molar-refractivity contribution is 6.06. The first kappa shape index (κ1) is 20.8. The zero-order chi connectivity index (χ0) is 21.8. The van der Waals surface area contributed by atoms with Gasteiger partial charge in [-0.15, -0.1) is 0 Å². The number of fused-ring (bicyclic) bond motifs is 1. The van der Waals surface area contributed by atoms with Gasteiger partial charge >= 0.3 is 0 Å². The van der Waals surface area contributed by atoms with E-state index in [2.05, 4.69) is 16.0 Å². The summed E-state index contributed by atoms with van der Waals surface area (Å²) in [6.45, 7) is 3.59. The number of nitrogens with one attached hydrogen (secondary N) is 2. The highest BCUT2D eigenvalue weighted by Gasteiger charge is 2.20. The first-order chi connectivity index (χ1) is 14.4. The van der Waals surface area contributed by atoms with Crippen LogP contribution in [0.25, 0.3) is 10.8 Å². The van der Waals surface area contributed by atoms with Crippen LogP contribution in [0.15, 0.2) is 47.3 Å². The van der Waals surface area contributed by atoms with Crippen molar-refractivity contribution in [1.29, 1.82) is 0 Å². The number of benzene rings is 2. The van der Waals surface area contributed by atoms with E-state index in [1.54, 1.807) is 50.2 Å². The van der Waals surface area contributed by atoms with Crippen molar-refractivity contribution in [1.82, 2.24) is 20.6 Å². The number of nitrogens with zero attached hydrogens (tertiary/aromatic N) is 2. The van der Waals surface area contributed by atoms with Crippen molar-refractivity contribution < 1.29 is 19.1 Å². The predicted octanol–water partition coefficient (Wildman–Crippen LogP) is 2.07. The van der Waals surface area contributed by atoms with Crippen LogP contribution in [-0.4, -0.2) is 35.8 Å². The molecule has 0 radical (unpaired) electrons. The number of hydrogen-bond acceptors (Lipinski definition) is 6. The van der Waals surface area contributed by atoms with Crippen molar-refractivity contribution in [2.75, 3.05) is 14.2 Å². The Labute approximate surface area is 172 Å². The second kappa shape index (κ2) is 8.64. The van der Waals surface area contributed by atoms with Gasteiger partial charge in [-0.3, -0.25) is 25.2 Å². The van der Waals surface area contributed by atoms with E-state index in [-0.39, 0.29) is 28.6 Å². The quantitative estimate of drug-likeness (QED) is 0.623. The van der Waals surface area contributed by atoms with Gasteiger partial charge in [-0.1, -0.05) is 24.3 Å². The van der Waals surface area contributed by atoms with Gasteiger partial charge in [0.25, 0.3) is 17.4 Å². The number of carbonyl (C=O) groups excluding carboxylic acids is 2. The lowest BCUT2D eigenvalue weighted by molar-refractivity contribution is 0.0841. The van der Waals surface area contributed by atoms with Crippen LogP contribution >= 0.6 is 0 Å². The van der Waals surface area contributed by atoms with E-state index in [0.717, 1.165) is 0 Å². The Bertz CT molecular complexity index is 1170. The molecule has 9 heteroatoms. The molecule has 156 valence electrons. The normalized spacial score (nSPS) is 10.7. The lowest BCUT2D eigenvalue weighted by Gasteiger charge is -2.15. The van der Waals surface area contributed by atoms with E-state index in [1.165, 1.54) is 25.0 Å². The molecule has 9 nitrogen and oxygen atoms in total. The number of carbonyl (C=O) groups is 2. The summed E-state index contributed by atoms with van der Waals surface area (Å²) < 4.78 is 11.7. The number of amides is 2. The van der Waals surface area contributed by atoms with Crippen LogP contribution < -0.4 is 25.9 Å². The van der Waals surface area contributed by atoms with Gasteiger partial charge in [-0.2, -0.15) is 5.10 Å². The number of rotatable bonds is 5. The zero-order valence-corrected chi connectivity index (χ0v) is 17.1. The van der Waals surface area contributed by atoms with E-state index in [0.29, 0.717) is 16.5 Å². The summed E-state index contributed by atoms with van der Waals surface area (Å²) in [6.07, 6.45) is 0. The first-order valence-electron chi connectivity index (χ1n) is 9.22. The molecular formula is C21H22N4O5. The van der Waals surface area contributed by atoms with Gasteiger partial charge in [0.05, 0.1) is 31.2 Å². The van der Waals surface area contributed by atoms with E-state index in [4.69, 9.17) is 9.47 Å². The fourth-order valence-corrected chi connectivity index (χ4v) is 3.03. The molecule has 2 N–H and O–H groups in total. The molecule has 2 aromatic carbocycles. The second-order valence-corrected chi connectivity index (χ2v) is 6.69. The standard InChI is InChI=1S/C21H22N4O5/c1-12(2)25-21(28)14-9-6-5-8-13(14)17(24-25)20(27)23-22-19(26)15-10-7-11-16(29-3)18(15)30-4/h5-12H,1-4H3,(H,22,26)(H,23,27). The van der Waals surface area contributed by atoms with Gasteiger partial charge < -0.3 is 9.47 Å². The van der Waals surface area contributed by atoms with Crippen LogP contribution in [0.1, 0.15) is 40.7 Å². The fraction of sp³-hybridized carbons (Fsp3) is 0.238. The molecule has 0 saturated carbocycles. The SMILES string of the molecule is COc1cccc(C(=O)NNC(=O)c2nn(C(C)C)c(=O)c3ccccc23)c1OC. The maximum atomic E-state index is 12.8. The van der Waals surface area contributed by atoms with E-state index < -0.39 is 11.8 Å². The molecule has 30 heavy (non-hydrogen) atoms. The summed E-state index contributed by atoms with van der Waals surface area (Å²) in [7, 11) is 2.88. The van der Waals surface area contributed by atoms with Crippen LogP contribution in [0.3, 0.4) is 0 Å². The number of hydrazine groups is 1. The highest BCUT2D eigenvalue weighted by atomic mass is 16.5. The summed E-state index contributed by atoms with van der Waals surface area (Å²) in [4.78, 5) is 38.0. The van der Waals surface area contributed by atoms with Crippen molar-refractivity contribution in [3.63, 3.8) is 0 Å². The number of hydrogen-bond donors (Lipinski definition) is 2. The van der Waals surface area contributed by atoms with Crippen molar-refractivity contribution in [3.8, 4) is 11.5 Å². The Morgan fingerprint density at radius 2 is 1.60 bits per heavy atom.